The quantitative estimate of drug-likeness (QED) is 0.837. The average molecular weight is 343 g/mol. The van der Waals surface area contributed by atoms with Crippen LogP contribution in [0.4, 0.5) is 5.69 Å². The molecule has 1 N–H and O–H groups in total. The predicted octanol–water partition coefficient (Wildman–Crippen LogP) is 2.43. The summed E-state index contributed by atoms with van der Waals surface area (Å²) >= 11 is 0. The molecule has 0 unspecified atom stereocenters. The van der Waals surface area contributed by atoms with E-state index in [1.807, 2.05) is 36.4 Å². The fourth-order valence-electron chi connectivity index (χ4n) is 3.01. The molecule has 1 aliphatic heterocycles. The van der Waals surface area contributed by atoms with Crippen molar-refractivity contribution in [3.8, 4) is 5.75 Å². The lowest BCUT2D eigenvalue weighted by Gasteiger charge is -2.34. The summed E-state index contributed by atoms with van der Waals surface area (Å²) in [6, 6.07) is 11.4. The lowest BCUT2D eigenvalue weighted by molar-refractivity contribution is -0.116. The summed E-state index contributed by atoms with van der Waals surface area (Å²) in [6.07, 6.45) is 2.20. The van der Waals surface area contributed by atoms with Crippen LogP contribution in [0.2, 0.25) is 0 Å². The zero-order valence-corrected chi connectivity index (χ0v) is 14.6. The number of rotatable bonds is 7. The molecule has 2 heterocycles. The second kappa shape index (κ2) is 8.69. The predicted molar refractivity (Wildman–Crippen MR) is 96.7 cm³/mol. The number of hydrogen-bond acceptors (Lipinski definition) is 5. The molecular weight excluding hydrogens is 318 g/mol. The highest BCUT2D eigenvalue weighted by molar-refractivity contribution is 5.92. The SMILES string of the molecule is COc1ccccc1NC(=O)CCN1CCN(Cc2ccco2)CC1. The minimum absolute atomic E-state index is 0.0162. The lowest BCUT2D eigenvalue weighted by Crippen LogP contribution is -2.46. The maximum absolute atomic E-state index is 12.2. The van der Waals surface area contributed by atoms with Gasteiger partial charge in [-0.25, -0.2) is 0 Å². The van der Waals surface area contributed by atoms with Gasteiger partial charge in [-0.3, -0.25) is 9.69 Å². The van der Waals surface area contributed by atoms with Crippen molar-refractivity contribution >= 4 is 11.6 Å². The molecule has 25 heavy (non-hydrogen) atoms. The van der Waals surface area contributed by atoms with Gasteiger partial charge in [0.05, 0.1) is 25.6 Å². The second-order valence-corrected chi connectivity index (χ2v) is 6.20. The molecule has 0 saturated carbocycles. The zero-order valence-electron chi connectivity index (χ0n) is 14.6. The van der Waals surface area contributed by atoms with Gasteiger partial charge in [-0.1, -0.05) is 12.1 Å². The Bertz CT molecular complexity index is 664. The molecule has 0 atom stereocenters. The van der Waals surface area contributed by atoms with Crippen molar-refractivity contribution in [2.24, 2.45) is 0 Å². The van der Waals surface area contributed by atoms with Crippen LogP contribution in [0.1, 0.15) is 12.2 Å². The summed E-state index contributed by atoms with van der Waals surface area (Å²) in [7, 11) is 1.60. The van der Waals surface area contributed by atoms with Crippen molar-refractivity contribution < 1.29 is 13.9 Å². The van der Waals surface area contributed by atoms with Gasteiger partial charge in [0.15, 0.2) is 0 Å². The van der Waals surface area contributed by atoms with Crippen LogP contribution in [0.3, 0.4) is 0 Å². The molecule has 1 aromatic carbocycles. The number of benzene rings is 1. The van der Waals surface area contributed by atoms with Crippen LogP contribution < -0.4 is 10.1 Å². The molecule has 0 aliphatic carbocycles. The Hall–Kier alpha value is -2.31. The van der Waals surface area contributed by atoms with E-state index in [0.717, 1.165) is 50.7 Å². The van der Waals surface area contributed by atoms with Crippen molar-refractivity contribution in [2.75, 3.05) is 45.2 Å². The molecule has 134 valence electrons. The Labute approximate surface area is 148 Å². The smallest absolute Gasteiger partial charge is 0.225 e. The van der Waals surface area contributed by atoms with Crippen LogP contribution in [0.15, 0.2) is 47.1 Å². The molecule has 6 heteroatoms. The normalized spacial score (nSPS) is 15.9. The number of nitrogens with one attached hydrogen (secondary N) is 1. The molecule has 2 aromatic rings. The van der Waals surface area contributed by atoms with Crippen molar-refractivity contribution in [2.45, 2.75) is 13.0 Å². The van der Waals surface area contributed by atoms with E-state index in [0.29, 0.717) is 12.2 Å². The molecule has 3 rings (SSSR count). The van der Waals surface area contributed by atoms with E-state index in [-0.39, 0.29) is 5.91 Å². The highest BCUT2D eigenvalue weighted by atomic mass is 16.5. The van der Waals surface area contributed by atoms with Crippen LogP contribution in [-0.4, -0.2) is 55.5 Å². The van der Waals surface area contributed by atoms with E-state index >= 15 is 0 Å². The maximum atomic E-state index is 12.2. The highest BCUT2D eigenvalue weighted by Crippen LogP contribution is 2.23. The summed E-state index contributed by atoms with van der Waals surface area (Å²) in [5, 5.41) is 2.93. The van der Waals surface area contributed by atoms with Crippen LogP contribution in [0.25, 0.3) is 0 Å². The Kier molecular flexibility index (Phi) is 6.09. The van der Waals surface area contributed by atoms with Crippen molar-refractivity contribution in [1.82, 2.24) is 9.80 Å². The number of methoxy groups -OCH3 is 1. The van der Waals surface area contributed by atoms with Crippen LogP contribution >= 0.6 is 0 Å². The van der Waals surface area contributed by atoms with Crippen molar-refractivity contribution in [1.29, 1.82) is 0 Å². The number of para-hydroxylation sites is 2. The van der Waals surface area contributed by atoms with Crippen LogP contribution in [0, 0.1) is 0 Å². The molecule has 0 radical (unpaired) electrons. The Morgan fingerprint density at radius 1 is 1.12 bits per heavy atom. The van der Waals surface area contributed by atoms with Gasteiger partial charge in [-0.2, -0.15) is 0 Å². The summed E-state index contributed by atoms with van der Waals surface area (Å²) in [6.45, 7) is 5.57. The summed E-state index contributed by atoms with van der Waals surface area (Å²) < 4.78 is 10.7. The third-order valence-corrected chi connectivity index (χ3v) is 4.46. The highest BCUT2D eigenvalue weighted by Gasteiger charge is 2.18. The minimum Gasteiger partial charge on any atom is -0.495 e. The topological polar surface area (TPSA) is 58.0 Å². The van der Waals surface area contributed by atoms with E-state index in [9.17, 15) is 4.79 Å². The van der Waals surface area contributed by atoms with E-state index in [1.54, 1.807) is 13.4 Å². The zero-order chi connectivity index (χ0) is 17.5. The largest absolute Gasteiger partial charge is 0.495 e. The van der Waals surface area contributed by atoms with Gasteiger partial charge in [0.2, 0.25) is 5.91 Å². The van der Waals surface area contributed by atoms with Gasteiger partial charge in [-0.15, -0.1) is 0 Å². The number of carbonyl (C=O) groups excluding carboxylic acids is 1. The molecule has 6 nitrogen and oxygen atoms in total. The third kappa shape index (κ3) is 5.08. The van der Waals surface area contributed by atoms with Crippen LogP contribution in [-0.2, 0) is 11.3 Å². The number of anilines is 1. The first-order valence-electron chi connectivity index (χ1n) is 8.64. The first-order chi connectivity index (χ1) is 12.2. The molecule has 1 amide bonds. The fourth-order valence-corrected chi connectivity index (χ4v) is 3.01. The van der Waals surface area contributed by atoms with Gasteiger partial charge >= 0.3 is 0 Å². The van der Waals surface area contributed by atoms with Gasteiger partial charge < -0.3 is 19.4 Å². The number of ether oxygens (including phenoxy) is 1. The van der Waals surface area contributed by atoms with E-state index in [2.05, 4.69) is 15.1 Å². The first kappa shape index (κ1) is 17.5. The monoisotopic (exact) mass is 343 g/mol. The summed E-state index contributed by atoms with van der Waals surface area (Å²) in [5.74, 6) is 1.70. The minimum atomic E-state index is 0.0162. The van der Waals surface area contributed by atoms with Gasteiger partial charge in [0.25, 0.3) is 0 Å². The van der Waals surface area contributed by atoms with E-state index < -0.39 is 0 Å². The maximum Gasteiger partial charge on any atom is 0.225 e. The van der Waals surface area contributed by atoms with Gasteiger partial charge in [0.1, 0.15) is 11.5 Å². The third-order valence-electron chi connectivity index (χ3n) is 4.46. The average Bonchev–Trinajstić information content (AvgIpc) is 3.15. The molecule has 0 spiro atoms. The molecule has 1 fully saturated rings. The van der Waals surface area contributed by atoms with Crippen molar-refractivity contribution in [3.63, 3.8) is 0 Å². The molecule has 1 aromatic heterocycles. The fraction of sp³-hybridized carbons (Fsp3) is 0.421. The summed E-state index contributed by atoms with van der Waals surface area (Å²) in [4.78, 5) is 16.9. The number of hydrogen-bond donors (Lipinski definition) is 1. The van der Waals surface area contributed by atoms with E-state index in [1.165, 1.54) is 0 Å². The lowest BCUT2D eigenvalue weighted by atomic mass is 10.2. The summed E-state index contributed by atoms with van der Waals surface area (Å²) in [5.41, 5.74) is 0.721. The Morgan fingerprint density at radius 3 is 2.60 bits per heavy atom. The molecule has 1 aliphatic rings. The standard InChI is InChI=1S/C19H25N3O3/c1-24-18-7-3-2-6-17(18)20-19(23)8-9-21-10-12-22(13-11-21)15-16-5-4-14-25-16/h2-7,14H,8-13,15H2,1H3,(H,20,23). The first-order valence-corrected chi connectivity index (χ1v) is 8.64. The second-order valence-electron chi connectivity index (χ2n) is 6.20. The Morgan fingerprint density at radius 2 is 1.88 bits per heavy atom. The molecule has 1 saturated heterocycles. The Balaban J connectivity index is 1.38. The number of carbonyl (C=O) groups is 1. The van der Waals surface area contributed by atoms with E-state index in [4.69, 9.17) is 9.15 Å². The van der Waals surface area contributed by atoms with Gasteiger partial charge in [0, 0.05) is 39.1 Å². The number of amides is 1. The number of nitrogens with zero attached hydrogens (tertiary/aromatic N) is 2. The molecule has 0 bridgehead atoms. The van der Waals surface area contributed by atoms with Gasteiger partial charge in [-0.05, 0) is 24.3 Å². The van der Waals surface area contributed by atoms with Crippen LogP contribution in [0.5, 0.6) is 5.75 Å². The molecular formula is C19H25N3O3. The van der Waals surface area contributed by atoms with Crippen molar-refractivity contribution in [3.05, 3.63) is 48.4 Å². The number of furan rings is 1. The number of piperazine rings is 1.